The van der Waals surface area contributed by atoms with E-state index < -0.39 is 29.0 Å². The molecule has 126 valence electrons. The first kappa shape index (κ1) is 16.4. The second kappa shape index (κ2) is 6.22. The number of pyridine rings is 1. The van der Waals surface area contributed by atoms with E-state index in [9.17, 15) is 22.4 Å². The maximum absolute atomic E-state index is 13.6. The fraction of sp³-hybridized carbons (Fsp3) is 0.294. The third kappa shape index (κ3) is 3.55. The Kier molecular flexibility index (Phi) is 4.26. The van der Waals surface area contributed by atoms with Crippen LogP contribution in [0.25, 0.3) is 0 Å². The van der Waals surface area contributed by atoms with E-state index in [-0.39, 0.29) is 5.49 Å². The molecule has 0 aliphatic heterocycles. The summed E-state index contributed by atoms with van der Waals surface area (Å²) in [4.78, 5) is 16.0. The first-order valence-electron chi connectivity index (χ1n) is 7.46. The van der Waals surface area contributed by atoms with Crippen LogP contribution in [0.3, 0.4) is 0 Å². The quantitative estimate of drug-likeness (QED) is 0.784. The summed E-state index contributed by atoms with van der Waals surface area (Å²) in [5.74, 6) is -2.10. The van der Waals surface area contributed by atoms with Gasteiger partial charge in [0.2, 0.25) is 0 Å². The molecule has 0 atom stereocenters. The summed E-state index contributed by atoms with van der Waals surface area (Å²) in [6.07, 6.45) is -1.08. The monoisotopic (exact) mass is 338 g/mol. The molecule has 24 heavy (non-hydrogen) atoms. The van der Waals surface area contributed by atoms with E-state index in [1.165, 1.54) is 0 Å². The van der Waals surface area contributed by atoms with Crippen molar-refractivity contribution in [1.29, 1.82) is 0 Å². The summed E-state index contributed by atoms with van der Waals surface area (Å²) in [6, 6.07) is 7.63. The van der Waals surface area contributed by atoms with E-state index >= 15 is 0 Å². The van der Waals surface area contributed by atoms with Crippen LogP contribution in [-0.4, -0.2) is 10.5 Å². The summed E-state index contributed by atoms with van der Waals surface area (Å²) in [6.45, 7) is 0.655. The molecule has 1 saturated carbocycles. The number of amides is 1. The van der Waals surface area contributed by atoms with E-state index in [1.807, 2.05) is 0 Å². The number of carbonyl (C=O) groups excluding carboxylic acids is 1. The van der Waals surface area contributed by atoms with Gasteiger partial charge in [0.1, 0.15) is 16.9 Å². The normalized spacial score (nSPS) is 15.6. The zero-order chi connectivity index (χ0) is 17.3. The highest BCUT2D eigenvalue weighted by Crippen LogP contribution is 2.34. The second-order valence-corrected chi connectivity index (χ2v) is 5.73. The van der Waals surface area contributed by atoms with Crippen molar-refractivity contribution in [3.63, 3.8) is 0 Å². The van der Waals surface area contributed by atoms with Crippen LogP contribution in [0.2, 0.25) is 0 Å². The lowest BCUT2D eigenvalue weighted by Gasteiger charge is -2.11. The van der Waals surface area contributed by atoms with Crippen LogP contribution in [0.15, 0.2) is 47.6 Å². The van der Waals surface area contributed by atoms with Crippen LogP contribution in [0.4, 0.5) is 17.6 Å². The Morgan fingerprint density at radius 3 is 2.58 bits per heavy atom. The Bertz CT molecular complexity index is 835. The number of carbonyl (C=O) groups is 1. The van der Waals surface area contributed by atoms with Gasteiger partial charge in [0.25, 0.3) is 5.91 Å². The number of nitrogens with zero attached hydrogens (tertiary/aromatic N) is 2. The summed E-state index contributed by atoms with van der Waals surface area (Å²) in [7, 11) is 0. The molecule has 1 heterocycles. The first-order chi connectivity index (χ1) is 11.4. The van der Waals surface area contributed by atoms with Gasteiger partial charge in [0, 0.05) is 12.7 Å². The van der Waals surface area contributed by atoms with E-state index in [1.54, 1.807) is 29.0 Å². The minimum Gasteiger partial charge on any atom is -0.333 e. The Morgan fingerprint density at radius 1 is 1.17 bits per heavy atom. The Hall–Kier alpha value is -2.44. The molecular formula is C17H14F4N2O. The lowest BCUT2D eigenvalue weighted by Crippen LogP contribution is -2.23. The van der Waals surface area contributed by atoms with Gasteiger partial charge in [-0.3, -0.25) is 4.79 Å². The van der Waals surface area contributed by atoms with Crippen molar-refractivity contribution in [3.05, 3.63) is 65.0 Å². The average molecular weight is 338 g/mol. The molecule has 1 aromatic carbocycles. The average Bonchev–Trinajstić information content (AvgIpc) is 3.31. The molecule has 7 heteroatoms. The van der Waals surface area contributed by atoms with Crippen molar-refractivity contribution in [2.24, 2.45) is 10.9 Å². The maximum Gasteiger partial charge on any atom is 0.420 e. The smallest absolute Gasteiger partial charge is 0.333 e. The van der Waals surface area contributed by atoms with Crippen LogP contribution in [0.1, 0.15) is 28.8 Å². The molecule has 0 saturated heterocycles. The van der Waals surface area contributed by atoms with Gasteiger partial charge in [0.05, 0.1) is 5.56 Å². The lowest BCUT2D eigenvalue weighted by molar-refractivity contribution is -0.140. The van der Waals surface area contributed by atoms with Gasteiger partial charge < -0.3 is 4.57 Å². The number of halogens is 4. The van der Waals surface area contributed by atoms with E-state index in [4.69, 9.17) is 0 Å². The van der Waals surface area contributed by atoms with Crippen LogP contribution in [-0.2, 0) is 12.7 Å². The molecule has 0 unspecified atom stereocenters. The molecule has 0 bridgehead atoms. The fourth-order valence-electron chi connectivity index (χ4n) is 2.46. The molecule has 1 fully saturated rings. The Balaban J connectivity index is 2.04. The molecule has 1 aromatic heterocycles. The number of alkyl halides is 3. The van der Waals surface area contributed by atoms with Crippen LogP contribution >= 0.6 is 0 Å². The molecule has 0 radical (unpaired) electrons. The van der Waals surface area contributed by atoms with E-state index in [2.05, 4.69) is 4.99 Å². The number of hydrogen-bond donors (Lipinski definition) is 0. The van der Waals surface area contributed by atoms with Crippen molar-refractivity contribution >= 4 is 5.91 Å². The maximum atomic E-state index is 13.6. The van der Waals surface area contributed by atoms with Crippen LogP contribution < -0.4 is 5.49 Å². The zero-order valence-electron chi connectivity index (χ0n) is 12.6. The minimum absolute atomic E-state index is 0.256. The van der Waals surface area contributed by atoms with Gasteiger partial charge in [-0.05, 0) is 43.0 Å². The molecule has 3 rings (SSSR count). The molecular weight excluding hydrogens is 324 g/mol. The van der Waals surface area contributed by atoms with Crippen molar-refractivity contribution in [3.8, 4) is 0 Å². The van der Waals surface area contributed by atoms with Crippen molar-refractivity contribution in [2.75, 3.05) is 0 Å². The Labute approximate surface area is 135 Å². The number of rotatable bonds is 3. The third-order valence-electron chi connectivity index (χ3n) is 3.81. The van der Waals surface area contributed by atoms with Crippen molar-refractivity contribution in [1.82, 2.24) is 4.57 Å². The van der Waals surface area contributed by atoms with Gasteiger partial charge in [-0.2, -0.15) is 18.2 Å². The second-order valence-electron chi connectivity index (χ2n) is 5.73. The molecule has 3 nitrogen and oxygen atoms in total. The summed E-state index contributed by atoms with van der Waals surface area (Å²) in [5, 5.41) is 0. The largest absolute Gasteiger partial charge is 0.420 e. The van der Waals surface area contributed by atoms with Gasteiger partial charge >= 0.3 is 6.18 Å². The standard InChI is InChI=1S/C17H14F4N2O/c18-13-5-3-4-12(15(13)17(19,20)21)16(24)22-14-6-1-2-9-23(14)10-11-7-8-11/h1-6,9,11H,7-8,10H2/b22-14+. The van der Waals surface area contributed by atoms with Gasteiger partial charge in [-0.1, -0.05) is 12.1 Å². The van der Waals surface area contributed by atoms with Crippen molar-refractivity contribution < 1.29 is 22.4 Å². The zero-order valence-corrected chi connectivity index (χ0v) is 12.6. The summed E-state index contributed by atoms with van der Waals surface area (Å²) in [5.41, 5.74) is -2.11. The topological polar surface area (TPSA) is 34.4 Å². The van der Waals surface area contributed by atoms with Crippen LogP contribution in [0.5, 0.6) is 0 Å². The first-order valence-corrected chi connectivity index (χ1v) is 7.46. The van der Waals surface area contributed by atoms with Gasteiger partial charge in [-0.15, -0.1) is 0 Å². The molecule has 1 aliphatic rings. The van der Waals surface area contributed by atoms with E-state index in [0.29, 0.717) is 18.5 Å². The van der Waals surface area contributed by atoms with Gasteiger partial charge in [-0.25, -0.2) is 4.39 Å². The Morgan fingerprint density at radius 2 is 1.92 bits per heavy atom. The number of aromatic nitrogens is 1. The lowest BCUT2D eigenvalue weighted by atomic mass is 10.1. The fourth-order valence-corrected chi connectivity index (χ4v) is 2.46. The molecule has 0 N–H and O–H groups in total. The molecule has 2 aromatic rings. The predicted molar refractivity (Wildman–Crippen MR) is 78.5 cm³/mol. The molecule has 1 aliphatic carbocycles. The SMILES string of the molecule is O=C(/N=c1\ccccn1CC1CC1)c1cccc(F)c1C(F)(F)F. The third-order valence-corrected chi connectivity index (χ3v) is 3.81. The summed E-state index contributed by atoms with van der Waals surface area (Å²) < 4.78 is 54.4. The number of hydrogen-bond acceptors (Lipinski definition) is 1. The molecule has 0 spiro atoms. The highest BCUT2D eigenvalue weighted by atomic mass is 19.4. The summed E-state index contributed by atoms with van der Waals surface area (Å²) >= 11 is 0. The minimum atomic E-state index is -4.97. The highest BCUT2D eigenvalue weighted by Gasteiger charge is 2.38. The predicted octanol–water partition coefficient (Wildman–Crippen LogP) is 3.80. The van der Waals surface area contributed by atoms with Gasteiger partial charge in [0.15, 0.2) is 0 Å². The highest BCUT2D eigenvalue weighted by molar-refractivity contribution is 5.96. The number of benzene rings is 1. The van der Waals surface area contributed by atoms with E-state index in [0.717, 1.165) is 25.0 Å². The van der Waals surface area contributed by atoms with Crippen LogP contribution in [0, 0.1) is 11.7 Å². The molecule has 1 amide bonds. The van der Waals surface area contributed by atoms with Crippen molar-refractivity contribution in [2.45, 2.75) is 25.6 Å².